The molecule has 1 N–H and O–H groups in total. The summed E-state index contributed by atoms with van der Waals surface area (Å²) in [5.41, 5.74) is 0.359. The van der Waals surface area contributed by atoms with Gasteiger partial charge in [-0.05, 0) is 48.0 Å². The van der Waals surface area contributed by atoms with Crippen LogP contribution in [-0.4, -0.2) is 20.7 Å². The molecule has 8 heteroatoms. The molecule has 0 bridgehead atoms. The first kappa shape index (κ1) is 19.6. The largest absolute Gasteiger partial charge is 0.321 e. The van der Waals surface area contributed by atoms with E-state index < -0.39 is 23.0 Å². The maximum Gasteiger partial charge on any atom is 0.260 e. The summed E-state index contributed by atoms with van der Waals surface area (Å²) in [5, 5.41) is 0.832. The molecule has 0 aliphatic heterocycles. The number of benzene rings is 1. The molecule has 30 heavy (non-hydrogen) atoms. The third kappa shape index (κ3) is 3.88. The number of rotatable bonds is 4. The zero-order valence-electron chi connectivity index (χ0n) is 15.2. The molecule has 0 atom stereocenters. The van der Waals surface area contributed by atoms with Crippen LogP contribution in [0.2, 0.25) is 5.02 Å². The molecular formula is C22H12ClF2N3O2. The lowest BCUT2D eigenvalue weighted by molar-refractivity contribution is 0.104. The van der Waals surface area contributed by atoms with E-state index in [1.807, 2.05) is 0 Å². The summed E-state index contributed by atoms with van der Waals surface area (Å²) >= 11 is 6.11. The molecule has 3 heterocycles. The second-order valence-corrected chi connectivity index (χ2v) is 6.86. The predicted molar refractivity (Wildman–Crippen MR) is 110 cm³/mol. The van der Waals surface area contributed by atoms with Gasteiger partial charge in [-0.1, -0.05) is 11.6 Å². The van der Waals surface area contributed by atoms with Gasteiger partial charge in [0.05, 0.1) is 18.0 Å². The summed E-state index contributed by atoms with van der Waals surface area (Å²) in [5.74, 6) is -1.83. The first-order valence-electron chi connectivity index (χ1n) is 8.72. The van der Waals surface area contributed by atoms with E-state index in [2.05, 4.69) is 15.0 Å². The number of H-pyrrole nitrogens is 1. The summed E-state index contributed by atoms with van der Waals surface area (Å²) in [4.78, 5) is 35.9. The maximum atomic E-state index is 13.9. The molecule has 0 fully saturated rings. The number of nitrogens with zero attached hydrogens (tertiary/aromatic N) is 2. The second-order valence-electron chi connectivity index (χ2n) is 6.42. The average Bonchev–Trinajstić information content (AvgIpc) is 2.71. The molecule has 0 saturated heterocycles. The zero-order valence-corrected chi connectivity index (χ0v) is 16.0. The predicted octanol–water partition coefficient (Wildman–Crippen LogP) is 4.81. The molecule has 148 valence electrons. The Morgan fingerprint density at radius 1 is 1.00 bits per heavy atom. The number of aromatic amines is 1. The van der Waals surface area contributed by atoms with E-state index in [-0.39, 0.29) is 16.7 Å². The van der Waals surface area contributed by atoms with Crippen LogP contribution in [0.1, 0.15) is 15.9 Å². The van der Waals surface area contributed by atoms with E-state index in [4.69, 9.17) is 11.6 Å². The molecule has 0 amide bonds. The SMILES string of the molecule is O=C(/C=C/c1cncc(F)c1)c1c(-c2cncc(F)c2)c2cc(Cl)ccc2[nH]c1=O. The van der Waals surface area contributed by atoms with Crippen molar-refractivity contribution in [3.63, 3.8) is 0 Å². The van der Waals surface area contributed by atoms with Crippen LogP contribution in [0.4, 0.5) is 8.78 Å². The van der Waals surface area contributed by atoms with Crippen LogP contribution in [0.25, 0.3) is 28.1 Å². The zero-order chi connectivity index (χ0) is 21.3. The van der Waals surface area contributed by atoms with Gasteiger partial charge >= 0.3 is 0 Å². The van der Waals surface area contributed by atoms with E-state index >= 15 is 0 Å². The monoisotopic (exact) mass is 423 g/mol. The van der Waals surface area contributed by atoms with Gasteiger partial charge in [0, 0.05) is 39.4 Å². The van der Waals surface area contributed by atoms with Crippen molar-refractivity contribution in [2.45, 2.75) is 0 Å². The Kier molecular flexibility index (Phi) is 5.20. The lowest BCUT2D eigenvalue weighted by atomic mass is 9.94. The van der Waals surface area contributed by atoms with Crippen LogP contribution < -0.4 is 5.56 Å². The molecule has 0 saturated carbocycles. The number of fused-ring (bicyclic) bond motifs is 1. The fourth-order valence-corrected chi connectivity index (χ4v) is 3.30. The number of aromatic nitrogens is 3. The Bertz CT molecular complexity index is 1380. The molecule has 0 radical (unpaired) electrons. The molecule has 0 unspecified atom stereocenters. The van der Waals surface area contributed by atoms with Gasteiger partial charge in [0.25, 0.3) is 5.56 Å². The highest BCUT2D eigenvalue weighted by molar-refractivity contribution is 6.31. The van der Waals surface area contributed by atoms with Crippen molar-refractivity contribution in [3.8, 4) is 11.1 Å². The van der Waals surface area contributed by atoms with Gasteiger partial charge in [-0.25, -0.2) is 8.78 Å². The molecule has 0 aliphatic carbocycles. The Balaban J connectivity index is 1.94. The third-order valence-corrected chi connectivity index (χ3v) is 4.60. The lowest BCUT2D eigenvalue weighted by Gasteiger charge is -2.11. The van der Waals surface area contributed by atoms with Crippen LogP contribution in [0, 0.1) is 11.6 Å². The van der Waals surface area contributed by atoms with Gasteiger partial charge in [0.1, 0.15) is 11.6 Å². The van der Waals surface area contributed by atoms with Crippen LogP contribution in [0.5, 0.6) is 0 Å². The summed E-state index contributed by atoms with van der Waals surface area (Å²) in [7, 11) is 0. The van der Waals surface area contributed by atoms with Crippen LogP contribution >= 0.6 is 11.6 Å². The fourth-order valence-electron chi connectivity index (χ4n) is 3.12. The standard InChI is InChI=1S/C22H12ClF2N3O2/c23-14-2-3-18-17(7-14)20(13-6-16(25)11-27-9-13)21(22(30)28-18)19(29)4-1-12-5-15(24)10-26-8-12/h1-11H,(H,28,30)/b4-1+. The summed E-state index contributed by atoms with van der Waals surface area (Å²) in [6.07, 6.45) is 7.25. The second kappa shape index (κ2) is 7.96. The molecule has 5 nitrogen and oxygen atoms in total. The molecule has 1 aromatic carbocycles. The number of ketones is 1. The van der Waals surface area contributed by atoms with E-state index in [1.54, 1.807) is 18.2 Å². The number of carbonyl (C=O) groups is 1. The Labute approximate surface area is 173 Å². The van der Waals surface area contributed by atoms with Gasteiger partial charge in [0.2, 0.25) is 0 Å². The molecule has 4 rings (SSSR count). The number of hydrogen-bond acceptors (Lipinski definition) is 4. The van der Waals surface area contributed by atoms with Gasteiger partial charge in [-0.2, -0.15) is 0 Å². The van der Waals surface area contributed by atoms with Gasteiger partial charge in [-0.3, -0.25) is 19.6 Å². The number of nitrogens with one attached hydrogen (secondary N) is 1. The van der Waals surface area contributed by atoms with Crippen molar-refractivity contribution >= 4 is 34.4 Å². The molecule has 4 aromatic rings. The highest BCUT2D eigenvalue weighted by Crippen LogP contribution is 2.31. The minimum atomic E-state index is -0.656. The Hall–Kier alpha value is -3.71. The third-order valence-electron chi connectivity index (χ3n) is 4.37. The van der Waals surface area contributed by atoms with Crippen molar-refractivity contribution in [3.05, 3.63) is 99.3 Å². The van der Waals surface area contributed by atoms with Crippen molar-refractivity contribution in [2.24, 2.45) is 0 Å². The first-order chi connectivity index (χ1) is 14.4. The summed E-state index contributed by atoms with van der Waals surface area (Å²) < 4.78 is 27.2. The Morgan fingerprint density at radius 3 is 2.47 bits per heavy atom. The first-order valence-corrected chi connectivity index (χ1v) is 9.09. The maximum absolute atomic E-state index is 13.9. The van der Waals surface area contributed by atoms with Crippen molar-refractivity contribution in [2.75, 3.05) is 0 Å². The normalized spacial score (nSPS) is 11.3. The lowest BCUT2D eigenvalue weighted by Crippen LogP contribution is -2.18. The van der Waals surface area contributed by atoms with Gasteiger partial charge in [0.15, 0.2) is 5.78 Å². The van der Waals surface area contributed by atoms with Gasteiger partial charge < -0.3 is 4.98 Å². The smallest absolute Gasteiger partial charge is 0.260 e. The number of allylic oxidation sites excluding steroid dienone is 1. The molecule has 0 aliphatic rings. The van der Waals surface area contributed by atoms with Gasteiger partial charge in [-0.15, -0.1) is 0 Å². The average molecular weight is 424 g/mol. The minimum absolute atomic E-state index is 0.204. The van der Waals surface area contributed by atoms with Crippen molar-refractivity contribution in [1.82, 2.24) is 15.0 Å². The van der Waals surface area contributed by atoms with Crippen molar-refractivity contribution < 1.29 is 13.6 Å². The number of hydrogen-bond donors (Lipinski definition) is 1. The molecular weight excluding hydrogens is 412 g/mol. The summed E-state index contributed by atoms with van der Waals surface area (Å²) in [6, 6.07) is 7.13. The fraction of sp³-hybridized carbons (Fsp3) is 0. The highest BCUT2D eigenvalue weighted by Gasteiger charge is 2.20. The van der Waals surface area contributed by atoms with Crippen LogP contribution in [0.15, 0.2) is 66.0 Å². The minimum Gasteiger partial charge on any atom is -0.321 e. The quantitative estimate of drug-likeness (QED) is 0.377. The van der Waals surface area contributed by atoms with E-state index in [0.717, 1.165) is 18.5 Å². The van der Waals surface area contributed by atoms with E-state index in [9.17, 15) is 18.4 Å². The Morgan fingerprint density at radius 2 is 1.73 bits per heavy atom. The number of halogens is 3. The molecule has 3 aromatic heterocycles. The number of pyridine rings is 3. The summed E-state index contributed by atoms with van der Waals surface area (Å²) in [6.45, 7) is 0. The molecule has 0 spiro atoms. The van der Waals surface area contributed by atoms with Crippen molar-refractivity contribution in [1.29, 1.82) is 0 Å². The van der Waals surface area contributed by atoms with E-state index in [1.165, 1.54) is 30.6 Å². The van der Waals surface area contributed by atoms with Crippen LogP contribution in [-0.2, 0) is 0 Å². The van der Waals surface area contributed by atoms with E-state index in [0.29, 0.717) is 21.5 Å². The topological polar surface area (TPSA) is 75.7 Å². The van der Waals surface area contributed by atoms with Crippen LogP contribution in [0.3, 0.4) is 0 Å². The number of carbonyl (C=O) groups excluding carboxylic acids is 1. The highest BCUT2D eigenvalue weighted by atomic mass is 35.5.